The SMILES string of the molecule is Cn1c(=NOCc2ccc(C(=O)NCCC(=O)O)cc2)ccn([C@@H]2O[C@H](COP(=O)(O)CP(=O)(O)O)[C@@H](O)[C@H]2O)c1=O. The Kier molecular flexibility index (Phi) is 11.0. The Morgan fingerprint density at radius 2 is 1.76 bits per heavy atom. The number of carboxylic acids is 1. The van der Waals surface area contributed by atoms with Crippen molar-refractivity contribution in [2.75, 3.05) is 19.1 Å². The number of benzene rings is 1. The molecule has 0 radical (unpaired) electrons. The number of aromatic nitrogens is 2. The number of rotatable bonds is 13. The van der Waals surface area contributed by atoms with E-state index in [9.17, 15) is 38.6 Å². The van der Waals surface area contributed by atoms with Crippen molar-refractivity contribution in [3.8, 4) is 0 Å². The fraction of sp³-hybridized carbons (Fsp3) is 0.455. The molecule has 7 N–H and O–H groups in total. The molecule has 1 saturated heterocycles. The first-order valence-electron chi connectivity index (χ1n) is 12.1. The topological polar surface area (TPSA) is 269 Å². The van der Waals surface area contributed by atoms with E-state index < -0.39 is 69.8 Å². The van der Waals surface area contributed by atoms with Crippen molar-refractivity contribution in [2.24, 2.45) is 12.2 Å². The first kappa shape index (κ1) is 33.3. The molecule has 2 aromatic rings. The predicted octanol–water partition coefficient (Wildman–Crippen LogP) is -1.62. The van der Waals surface area contributed by atoms with Crippen molar-refractivity contribution in [2.45, 2.75) is 37.6 Å². The first-order valence-corrected chi connectivity index (χ1v) is 15.7. The van der Waals surface area contributed by atoms with Gasteiger partial charge in [-0.15, -0.1) is 0 Å². The van der Waals surface area contributed by atoms with Crippen LogP contribution >= 0.6 is 15.2 Å². The van der Waals surface area contributed by atoms with E-state index in [1.54, 1.807) is 12.1 Å². The molecule has 42 heavy (non-hydrogen) atoms. The van der Waals surface area contributed by atoms with Crippen molar-refractivity contribution in [3.63, 3.8) is 0 Å². The lowest BCUT2D eigenvalue weighted by molar-refractivity contribution is -0.136. The molecule has 0 spiro atoms. The molecule has 1 aliphatic heterocycles. The quantitative estimate of drug-likeness (QED) is 0.0962. The molecule has 3 rings (SSSR count). The molecule has 0 saturated carbocycles. The number of ether oxygens (including phenoxy) is 1. The third kappa shape index (κ3) is 9.16. The van der Waals surface area contributed by atoms with E-state index in [-0.39, 0.29) is 25.1 Å². The highest BCUT2D eigenvalue weighted by molar-refractivity contribution is 7.70. The second-order valence-corrected chi connectivity index (χ2v) is 13.2. The summed E-state index contributed by atoms with van der Waals surface area (Å²) >= 11 is 0. The van der Waals surface area contributed by atoms with Crippen LogP contribution in [0, 0.1) is 0 Å². The van der Waals surface area contributed by atoms with Crippen LogP contribution in [0.2, 0.25) is 0 Å². The summed E-state index contributed by atoms with van der Waals surface area (Å²) < 4.78 is 34.9. The van der Waals surface area contributed by atoms with Crippen molar-refractivity contribution >= 4 is 27.1 Å². The van der Waals surface area contributed by atoms with Gasteiger partial charge in [0.15, 0.2) is 17.6 Å². The number of aliphatic carboxylic acids is 1. The van der Waals surface area contributed by atoms with Crippen LogP contribution in [-0.2, 0) is 41.7 Å². The molecule has 232 valence electrons. The van der Waals surface area contributed by atoms with Crippen LogP contribution < -0.4 is 16.5 Å². The average Bonchev–Trinajstić information content (AvgIpc) is 3.17. The zero-order valence-electron chi connectivity index (χ0n) is 22.0. The van der Waals surface area contributed by atoms with E-state index >= 15 is 0 Å². The van der Waals surface area contributed by atoms with Gasteiger partial charge in [0, 0.05) is 31.4 Å². The molecule has 1 aromatic heterocycles. The van der Waals surface area contributed by atoms with Crippen LogP contribution in [0.25, 0.3) is 0 Å². The predicted molar refractivity (Wildman–Crippen MR) is 140 cm³/mol. The Balaban J connectivity index is 1.62. The van der Waals surface area contributed by atoms with Gasteiger partial charge in [-0.3, -0.25) is 27.9 Å². The van der Waals surface area contributed by atoms with Crippen molar-refractivity contribution in [1.82, 2.24) is 14.5 Å². The number of aliphatic hydroxyl groups excluding tert-OH is 2. The maximum atomic E-state index is 12.9. The summed E-state index contributed by atoms with van der Waals surface area (Å²) in [6, 6.07) is 7.59. The minimum Gasteiger partial charge on any atom is -0.481 e. The van der Waals surface area contributed by atoms with Crippen LogP contribution in [0.15, 0.2) is 46.5 Å². The summed E-state index contributed by atoms with van der Waals surface area (Å²) in [4.78, 5) is 68.2. The third-order valence-electron chi connectivity index (χ3n) is 5.88. The summed E-state index contributed by atoms with van der Waals surface area (Å²) in [6.45, 7) is -0.843. The smallest absolute Gasteiger partial charge is 0.340 e. The van der Waals surface area contributed by atoms with Crippen molar-refractivity contribution in [3.05, 3.63) is 63.6 Å². The molecular formula is C22H30N4O14P2. The maximum absolute atomic E-state index is 12.9. The van der Waals surface area contributed by atoms with Gasteiger partial charge in [0.05, 0.1) is 13.0 Å². The number of nitrogens with zero attached hydrogens (tertiary/aromatic N) is 3. The van der Waals surface area contributed by atoms with Gasteiger partial charge >= 0.3 is 26.9 Å². The molecule has 2 heterocycles. The molecule has 1 aliphatic rings. The van der Waals surface area contributed by atoms with E-state index in [4.69, 9.17) is 24.5 Å². The third-order valence-corrected chi connectivity index (χ3v) is 9.34. The summed E-state index contributed by atoms with van der Waals surface area (Å²) in [6.07, 6.45) is -5.19. The van der Waals surface area contributed by atoms with E-state index in [1.165, 1.54) is 31.4 Å². The second-order valence-electron chi connectivity index (χ2n) is 9.17. The largest absolute Gasteiger partial charge is 0.481 e. The van der Waals surface area contributed by atoms with Gasteiger partial charge < -0.3 is 49.4 Å². The van der Waals surface area contributed by atoms with E-state index in [1.807, 2.05) is 0 Å². The fourth-order valence-electron chi connectivity index (χ4n) is 3.75. The molecular weight excluding hydrogens is 606 g/mol. The zero-order chi connectivity index (χ0) is 31.2. The summed E-state index contributed by atoms with van der Waals surface area (Å²) in [5.41, 5.74) is 0.273. The summed E-state index contributed by atoms with van der Waals surface area (Å²) in [7, 11) is -8.28. The molecule has 18 nitrogen and oxygen atoms in total. The normalized spacial score (nSPS) is 22.5. The van der Waals surface area contributed by atoms with E-state index in [0.29, 0.717) is 11.1 Å². The number of carbonyl (C=O) groups excluding carboxylic acids is 1. The lowest BCUT2D eigenvalue weighted by Gasteiger charge is -2.19. The summed E-state index contributed by atoms with van der Waals surface area (Å²) in [5, 5.41) is 35.7. The highest BCUT2D eigenvalue weighted by Gasteiger charge is 2.45. The van der Waals surface area contributed by atoms with E-state index in [2.05, 4.69) is 15.0 Å². The van der Waals surface area contributed by atoms with Gasteiger partial charge in [0.2, 0.25) is 0 Å². The average molecular weight is 636 g/mol. The number of carbonyl (C=O) groups is 2. The van der Waals surface area contributed by atoms with Crippen molar-refractivity contribution < 1.29 is 62.8 Å². The number of hydrogen-bond donors (Lipinski definition) is 7. The Bertz CT molecular complexity index is 1500. The van der Waals surface area contributed by atoms with Crippen LogP contribution in [0.5, 0.6) is 0 Å². The number of amides is 1. The van der Waals surface area contributed by atoms with Gasteiger partial charge in [-0.1, -0.05) is 17.3 Å². The van der Waals surface area contributed by atoms with Crippen LogP contribution in [0.1, 0.15) is 28.6 Å². The molecule has 1 aromatic carbocycles. The first-order chi connectivity index (χ1) is 19.6. The van der Waals surface area contributed by atoms with Crippen LogP contribution in [0.3, 0.4) is 0 Å². The van der Waals surface area contributed by atoms with Gasteiger partial charge in [-0.05, 0) is 17.7 Å². The molecule has 5 atom stereocenters. The van der Waals surface area contributed by atoms with Gasteiger partial charge in [0.25, 0.3) is 5.91 Å². The highest BCUT2D eigenvalue weighted by atomic mass is 31.2. The van der Waals surface area contributed by atoms with E-state index in [0.717, 1.165) is 9.13 Å². The number of aliphatic hydroxyl groups is 2. The standard InChI is InChI=1S/C22H30N4O14P2/c1-25-16(24-38-10-13-2-4-14(5-3-13)20(31)23-8-6-17(27)28)7-9-26(22(25)32)21-19(30)18(29)15(40-21)11-39-42(36,37)12-41(33,34)35/h2-5,7,9,15,18-19,21,29-30H,6,8,10-12H2,1H3,(H,23,31)(H,27,28)(H,36,37)(H2,33,34,35)/t15-,18-,19-,21-/m1/s1. The second kappa shape index (κ2) is 13.9. The molecule has 1 fully saturated rings. The van der Waals surface area contributed by atoms with Gasteiger partial charge in [-0.25, -0.2) is 4.79 Å². The monoisotopic (exact) mass is 636 g/mol. The Labute approximate surface area is 237 Å². The maximum Gasteiger partial charge on any atom is 0.340 e. The number of carboxylic acid groups (broad SMARTS) is 1. The molecule has 0 bridgehead atoms. The Morgan fingerprint density at radius 1 is 1.10 bits per heavy atom. The Hall–Kier alpha value is -3.18. The van der Waals surface area contributed by atoms with Gasteiger partial charge in [-0.2, -0.15) is 0 Å². The van der Waals surface area contributed by atoms with Crippen LogP contribution in [0.4, 0.5) is 0 Å². The fourth-order valence-corrected chi connectivity index (χ4v) is 6.32. The van der Waals surface area contributed by atoms with Gasteiger partial charge in [0.1, 0.15) is 24.9 Å². The molecule has 0 aliphatic carbocycles. The summed E-state index contributed by atoms with van der Waals surface area (Å²) in [5.74, 6) is -2.91. The zero-order valence-corrected chi connectivity index (χ0v) is 23.8. The molecule has 1 amide bonds. The lowest BCUT2D eigenvalue weighted by Crippen LogP contribution is -2.42. The number of hydrogen-bond acceptors (Lipinski definition) is 11. The Morgan fingerprint density at radius 3 is 2.38 bits per heavy atom. The van der Waals surface area contributed by atoms with Crippen LogP contribution in [-0.4, -0.2) is 88.4 Å². The van der Waals surface area contributed by atoms with Crippen molar-refractivity contribution in [1.29, 1.82) is 0 Å². The molecule has 1 unspecified atom stereocenters. The molecule has 20 heteroatoms. The highest BCUT2D eigenvalue weighted by Crippen LogP contribution is 2.55. The number of nitrogens with one attached hydrogen (secondary N) is 1. The minimum atomic E-state index is -4.88. The minimum absolute atomic E-state index is 0.0101. The lowest BCUT2D eigenvalue weighted by atomic mass is 10.1.